The Morgan fingerprint density at radius 1 is 0.449 bits per heavy atom. The van der Waals surface area contributed by atoms with Crippen LogP contribution in [0.1, 0.15) is 220 Å². The monoisotopic (exact) mass is 1860 g/mol. The van der Waals surface area contributed by atoms with E-state index in [0.717, 1.165) is 174 Å². The first-order chi connectivity index (χ1) is 65.0. The molecule has 0 bridgehead atoms. The highest BCUT2D eigenvalue weighted by atomic mass is 16.6. The second-order valence-electron chi connectivity index (χ2n) is 40.4. The van der Waals surface area contributed by atoms with E-state index in [0.29, 0.717) is 89.8 Å². The van der Waals surface area contributed by atoms with Crippen molar-refractivity contribution >= 4 is 98.3 Å². The zero-order valence-electron chi connectivity index (χ0n) is 81.4. The number of hydrogen-bond acceptors (Lipinski definition) is 22. The fraction of sp³-hybridized carbons (Fsp3) is 0.529. The number of imidazole rings is 2. The van der Waals surface area contributed by atoms with Gasteiger partial charge in [0, 0.05) is 104 Å². The Kier molecular flexibility index (Phi) is 28.2. The third-order valence-electron chi connectivity index (χ3n) is 29.5. The lowest BCUT2D eigenvalue weighted by atomic mass is 9.75. The Hall–Kier alpha value is -12.5. The van der Waals surface area contributed by atoms with E-state index in [-0.39, 0.29) is 89.8 Å². The summed E-state index contributed by atoms with van der Waals surface area (Å²) < 4.78 is 48.7. The predicted octanol–water partition coefficient (Wildman–Crippen LogP) is 16.9. The van der Waals surface area contributed by atoms with Crippen LogP contribution >= 0.6 is 0 Å². The highest BCUT2D eigenvalue weighted by Gasteiger charge is 2.52. The summed E-state index contributed by atoms with van der Waals surface area (Å²) in [7, 11) is 5.27. The molecule has 0 saturated carbocycles. The van der Waals surface area contributed by atoms with Crippen molar-refractivity contribution in [3.8, 4) is 56.3 Å². The number of benzene rings is 6. The Bertz CT molecular complexity index is 6000. The zero-order valence-corrected chi connectivity index (χ0v) is 81.4. The Balaban J connectivity index is 0.000000188. The third-order valence-corrected chi connectivity index (χ3v) is 29.5. The summed E-state index contributed by atoms with van der Waals surface area (Å²) >= 11 is 0. The number of likely N-dealkylation sites (tertiary alicyclic amines) is 4. The highest BCUT2D eigenvalue weighted by Crippen LogP contribution is 2.51. The maximum Gasteiger partial charge on any atom is 0.408 e. The van der Waals surface area contributed by atoms with Crippen molar-refractivity contribution < 1.29 is 85.8 Å². The summed E-state index contributed by atoms with van der Waals surface area (Å²) in [5.74, 6) is 2.08. The molecule has 10 aliphatic heterocycles. The van der Waals surface area contributed by atoms with Crippen molar-refractivity contribution in [1.29, 1.82) is 0 Å². The fourth-order valence-corrected chi connectivity index (χ4v) is 21.6. The van der Waals surface area contributed by atoms with Gasteiger partial charge >= 0.3 is 30.3 Å². The van der Waals surface area contributed by atoms with E-state index in [2.05, 4.69) is 156 Å². The summed E-state index contributed by atoms with van der Waals surface area (Å²) in [5, 5.41) is 15.7. The molecule has 6 fully saturated rings. The molecule has 6 N–H and O–H groups in total. The van der Waals surface area contributed by atoms with Gasteiger partial charge < -0.3 is 93.5 Å². The minimum absolute atomic E-state index is 0.00951. The number of carbonyl (C=O) groups is 9. The minimum Gasteiger partial charge on any atom is -0.488 e. The molecule has 0 unspecified atom stereocenters. The van der Waals surface area contributed by atoms with Crippen LogP contribution in [0.4, 0.5) is 30.6 Å². The van der Waals surface area contributed by atoms with Crippen molar-refractivity contribution in [3.05, 3.63) is 131 Å². The molecule has 0 spiro atoms. The molecule has 0 radical (unpaired) electrons. The molecule has 12 atom stereocenters. The summed E-state index contributed by atoms with van der Waals surface area (Å²) in [6.07, 6.45) is 11.5. The lowest BCUT2D eigenvalue weighted by molar-refractivity contribution is -0.142. The fourth-order valence-electron chi connectivity index (χ4n) is 21.6. The molecule has 8 aromatic rings. The summed E-state index contributed by atoms with van der Waals surface area (Å²) in [6.45, 7) is 29.7. The molecule has 18 rings (SSSR count). The molecule has 8 amide bonds. The average Bonchev–Trinajstić information content (AvgIpc) is 1.57. The number of H-pyrrole nitrogens is 2. The molecule has 136 heavy (non-hydrogen) atoms. The van der Waals surface area contributed by atoms with E-state index in [1.165, 1.54) is 35.4 Å². The zero-order chi connectivity index (χ0) is 96.8. The van der Waals surface area contributed by atoms with Gasteiger partial charge in [0.15, 0.2) is 0 Å². The van der Waals surface area contributed by atoms with Crippen molar-refractivity contribution in [1.82, 2.24) is 60.8 Å². The molecule has 10 aliphatic rings. The van der Waals surface area contributed by atoms with Gasteiger partial charge in [0.25, 0.3) is 0 Å². The number of aliphatic imine (C=N–C) groups is 2. The molecule has 6 saturated heterocycles. The molecular formula is C104H130N14O18. The molecular weight excluding hydrogens is 1730 g/mol. The highest BCUT2D eigenvalue weighted by molar-refractivity contribution is 6.09. The van der Waals surface area contributed by atoms with Crippen LogP contribution in [-0.2, 0) is 83.2 Å². The first-order valence-corrected chi connectivity index (χ1v) is 48.0. The number of esters is 1. The smallest absolute Gasteiger partial charge is 0.408 e. The average molecular weight is 1860 g/mol. The van der Waals surface area contributed by atoms with Gasteiger partial charge in [-0.1, -0.05) is 77.9 Å². The summed E-state index contributed by atoms with van der Waals surface area (Å²) in [4.78, 5) is 152. The number of aromatic amines is 2. The van der Waals surface area contributed by atoms with Crippen molar-refractivity contribution in [2.45, 2.75) is 278 Å². The molecule has 0 aliphatic carbocycles. The van der Waals surface area contributed by atoms with E-state index >= 15 is 0 Å². The number of alkyl carbamates (subject to hydrolysis) is 4. The number of amides is 8. The van der Waals surface area contributed by atoms with E-state index in [9.17, 15) is 43.2 Å². The van der Waals surface area contributed by atoms with Gasteiger partial charge in [-0.3, -0.25) is 34.0 Å². The second-order valence-corrected chi connectivity index (χ2v) is 40.4. The van der Waals surface area contributed by atoms with Gasteiger partial charge in [-0.25, -0.2) is 29.1 Å². The Morgan fingerprint density at radius 3 is 1.17 bits per heavy atom. The van der Waals surface area contributed by atoms with Crippen molar-refractivity contribution in [2.24, 2.45) is 32.7 Å². The third kappa shape index (κ3) is 19.6. The van der Waals surface area contributed by atoms with Crippen LogP contribution in [0.2, 0.25) is 0 Å². The first-order valence-electron chi connectivity index (χ1n) is 48.0. The number of aromatic nitrogens is 4. The molecule has 32 nitrogen and oxygen atoms in total. The first kappa shape index (κ1) is 96.7. The lowest BCUT2D eigenvalue weighted by Crippen LogP contribution is -2.59. The number of hydrogen-bond donors (Lipinski definition) is 6. The van der Waals surface area contributed by atoms with Gasteiger partial charge in [-0.2, -0.15) is 0 Å². The number of fused-ring (bicyclic) bond motifs is 12. The molecule has 2 aromatic heterocycles. The molecule has 12 heterocycles. The predicted molar refractivity (Wildman–Crippen MR) is 514 cm³/mol. The van der Waals surface area contributed by atoms with Gasteiger partial charge in [0.1, 0.15) is 66.1 Å². The Morgan fingerprint density at radius 2 is 0.809 bits per heavy atom. The molecule has 724 valence electrons. The second kappa shape index (κ2) is 39.7. The van der Waals surface area contributed by atoms with E-state index in [4.69, 9.17) is 57.8 Å². The van der Waals surface area contributed by atoms with E-state index in [1.807, 2.05) is 87.4 Å². The number of nitrogens with one attached hydrogen (secondary N) is 6. The maximum atomic E-state index is 14.7. The largest absolute Gasteiger partial charge is 0.488 e. The van der Waals surface area contributed by atoms with Crippen LogP contribution in [0.15, 0.2) is 107 Å². The van der Waals surface area contributed by atoms with Gasteiger partial charge in [0.05, 0.1) is 87.8 Å². The minimum atomic E-state index is -0.790. The standard InChI is InChI=1S/C52H65N7O8.C49H59N7O8.C3H6O2/c1-28(2)44(56-49(62)64-9)47(60)58-29(3)10-16-41(58)39-24-36-35-25-43-37(23-31(35)13-15-38(36)54-39)34-14-12-32(22-33(34)27-66-43)40-26-53-46(55-40)42-17-11-30(4)59(42)48(61)45(52(8)18-20-65-21-19-52)57-50(63)67-51(5,6)7;1-26(2)42(53-47(59)61-6)45(57)55-27(3)8-14-39(55)37-22-34-33-23-41-35(21-29(33)11-13-36(34)51-37)32-12-10-30(20-31(32)25-64-41)38-24-50-44(52-38)40-15-9-28(4)56(40)46(58)43(54-48(60)62-7)49(5)16-18-63-19-17-49;1-3(4)5-2/h12-15,22-23,25-26,28-30,41-42,44-45H,10-11,16-21,24,27H2,1-9H3,(H,53,55)(H,56,62)(H,57,63);10-13,20-21,23-24,26-28,39-40,42-43H,8-9,14-19,22,25H2,1-7H3,(H,50,52)(H,53,59)(H,54,60);1-2H3/t29-,30-,41-,42-,44-,45+;27-,28-,39-,40-,42-,43+;/m00./s1. The molecule has 32 heteroatoms. The van der Waals surface area contributed by atoms with Crippen molar-refractivity contribution in [3.63, 3.8) is 0 Å². The summed E-state index contributed by atoms with van der Waals surface area (Å²) in [5.41, 5.74) is 14.3. The quantitative estimate of drug-likeness (QED) is 0.0343. The SMILES string of the molecule is COC(=O)N[C@H](C(=O)N1[C@@H](C)CC[C@H]1C1=Nc2ccc3cc4c(cc3c2C1)OCc1cc(-c2cnc([C@@H]3CC[C@H](C)N3C(=O)[C@@H](NC(=O)OC(C)(C)C)C3(C)CCOCC3)[nH]2)ccc1-4)C(C)C.COC(=O)N[C@H](C(=O)N1[C@@H](C)CC[C@H]1C1=Nc2ccc3cc4c(cc3c2C1)OCc1cc(-c2cnc([C@@H]3CC[C@H](C)N3C(=O)[C@@H](NC(=O)OC)C3(C)CCOCC3)[nH]2)ccc1-4)C(C)C.COC(C)=O. The number of ether oxygens (including phenoxy) is 9. The van der Waals surface area contributed by atoms with Crippen LogP contribution in [0, 0.1) is 22.7 Å². The molecule has 6 aromatic carbocycles. The number of nitrogens with zero attached hydrogens (tertiary/aromatic N) is 8. The van der Waals surface area contributed by atoms with Crippen LogP contribution in [0.3, 0.4) is 0 Å². The number of methoxy groups -OCH3 is 4. The normalized spacial score (nSPS) is 22.4. The summed E-state index contributed by atoms with van der Waals surface area (Å²) in [6, 6.07) is 25.9. The Labute approximate surface area is 793 Å². The van der Waals surface area contributed by atoms with Crippen LogP contribution in [-0.4, -0.2) is 226 Å². The topological polar surface area (TPSA) is 380 Å². The van der Waals surface area contributed by atoms with Gasteiger partial charge in [-0.15, -0.1) is 0 Å². The van der Waals surface area contributed by atoms with Gasteiger partial charge in [0.2, 0.25) is 23.6 Å². The van der Waals surface area contributed by atoms with Gasteiger partial charge in [-0.05, 0) is 252 Å². The van der Waals surface area contributed by atoms with Crippen LogP contribution in [0.5, 0.6) is 11.5 Å². The van der Waals surface area contributed by atoms with Crippen molar-refractivity contribution in [2.75, 3.05) is 54.9 Å². The number of carbonyl (C=O) groups excluding carboxylic acids is 9. The maximum absolute atomic E-state index is 14.7. The number of rotatable bonds is 18. The van der Waals surface area contributed by atoms with Crippen LogP contribution < -0.4 is 30.7 Å². The van der Waals surface area contributed by atoms with Crippen LogP contribution in [0.25, 0.3) is 66.3 Å². The van der Waals surface area contributed by atoms with E-state index in [1.54, 1.807) is 0 Å². The van der Waals surface area contributed by atoms with E-state index < -0.39 is 65.0 Å². The lowest BCUT2D eigenvalue weighted by Gasteiger charge is -2.43.